The molecule has 0 saturated carbocycles. The lowest BCUT2D eigenvalue weighted by atomic mass is 9.94. The predicted molar refractivity (Wildman–Crippen MR) is 71.9 cm³/mol. The van der Waals surface area contributed by atoms with Gasteiger partial charge in [0.05, 0.1) is 5.60 Å². The molecule has 2 nitrogen and oxygen atoms in total. The maximum absolute atomic E-state index is 5.50. The van der Waals surface area contributed by atoms with Crippen molar-refractivity contribution >= 4 is 0 Å². The van der Waals surface area contributed by atoms with Crippen LogP contribution in [0.5, 0.6) is 0 Å². The number of ether oxygens (including phenoxy) is 1. The molecular weight excluding hydrogens is 198 g/mol. The van der Waals surface area contributed by atoms with Crippen molar-refractivity contribution in [2.45, 2.75) is 77.9 Å². The zero-order valence-corrected chi connectivity index (χ0v) is 11.9. The lowest BCUT2D eigenvalue weighted by Gasteiger charge is -2.29. The molecule has 1 N–H and O–H groups in total. The molecule has 0 amide bonds. The van der Waals surface area contributed by atoms with Crippen LogP contribution in [-0.4, -0.2) is 25.3 Å². The molecule has 0 aliphatic rings. The summed E-state index contributed by atoms with van der Waals surface area (Å²) in [5.74, 6) is 0. The van der Waals surface area contributed by atoms with Gasteiger partial charge in [-0.05, 0) is 33.2 Å². The fourth-order valence-electron chi connectivity index (χ4n) is 2.06. The van der Waals surface area contributed by atoms with E-state index in [0.717, 1.165) is 13.0 Å². The van der Waals surface area contributed by atoms with Crippen LogP contribution >= 0.6 is 0 Å². The van der Waals surface area contributed by atoms with E-state index in [2.05, 4.69) is 33.0 Å². The maximum atomic E-state index is 5.50. The summed E-state index contributed by atoms with van der Waals surface area (Å²) in [4.78, 5) is 0. The van der Waals surface area contributed by atoms with Crippen LogP contribution in [0.3, 0.4) is 0 Å². The van der Waals surface area contributed by atoms with Crippen LogP contribution in [0.1, 0.15) is 66.2 Å². The van der Waals surface area contributed by atoms with Crippen LogP contribution in [-0.2, 0) is 4.74 Å². The van der Waals surface area contributed by atoms with E-state index in [4.69, 9.17) is 4.74 Å². The third kappa shape index (κ3) is 8.12. The van der Waals surface area contributed by atoms with E-state index in [9.17, 15) is 0 Å². The minimum Gasteiger partial charge on any atom is -0.379 e. The van der Waals surface area contributed by atoms with Gasteiger partial charge < -0.3 is 10.1 Å². The standard InChI is InChI=1S/C14H31NO/c1-6-8-9-10-11-13(15-7-2)12-14(3,4)16-5/h13,15H,6-12H2,1-5H3. The molecule has 0 saturated heterocycles. The van der Waals surface area contributed by atoms with Gasteiger partial charge in [-0.15, -0.1) is 0 Å². The van der Waals surface area contributed by atoms with Crippen molar-refractivity contribution in [2.24, 2.45) is 0 Å². The first kappa shape index (κ1) is 15.9. The topological polar surface area (TPSA) is 21.3 Å². The van der Waals surface area contributed by atoms with Crippen molar-refractivity contribution < 1.29 is 4.74 Å². The van der Waals surface area contributed by atoms with Crippen LogP contribution in [0.4, 0.5) is 0 Å². The van der Waals surface area contributed by atoms with Crippen LogP contribution in [0.2, 0.25) is 0 Å². The third-order valence-electron chi connectivity index (χ3n) is 3.19. The van der Waals surface area contributed by atoms with E-state index in [-0.39, 0.29) is 5.60 Å². The monoisotopic (exact) mass is 229 g/mol. The number of unbranched alkanes of at least 4 members (excludes halogenated alkanes) is 3. The molecule has 98 valence electrons. The Bertz CT molecular complexity index is 157. The fourth-order valence-corrected chi connectivity index (χ4v) is 2.06. The van der Waals surface area contributed by atoms with Crippen LogP contribution in [0.25, 0.3) is 0 Å². The van der Waals surface area contributed by atoms with Gasteiger partial charge in [-0.2, -0.15) is 0 Å². The van der Waals surface area contributed by atoms with E-state index >= 15 is 0 Å². The van der Waals surface area contributed by atoms with Crippen molar-refractivity contribution in [2.75, 3.05) is 13.7 Å². The molecule has 0 aromatic carbocycles. The third-order valence-corrected chi connectivity index (χ3v) is 3.19. The molecule has 0 fully saturated rings. The molecule has 0 rings (SSSR count). The second-order valence-electron chi connectivity index (χ2n) is 5.27. The fraction of sp³-hybridized carbons (Fsp3) is 1.00. The number of methoxy groups -OCH3 is 1. The van der Waals surface area contributed by atoms with Gasteiger partial charge in [-0.25, -0.2) is 0 Å². The average Bonchev–Trinajstić information content (AvgIpc) is 2.24. The summed E-state index contributed by atoms with van der Waals surface area (Å²) >= 11 is 0. The zero-order chi connectivity index (χ0) is 12.4. The largest absolute Gasteiger partial charge is 0.379 e. The van der Waals surface area contributed by atoms with Gasteiger partial charge in [0.15, 0.2) is 0 Å². The molecule has 0 aliphatic heterocycles. The highest BCUT2D eigenvalue weighted by Gasteiger charge is 2.21. The number of nitrogens with one attached hydrogen (secondary N) is 1. The van der Waals surface area contributed by atoms with E-state index in [1.54, 1.807) is 7.11 Å². The lowest BCUT2D eigenvalue weighted by Crippen LogP contribution is -2.37. The summed E-state index contributed by atoms with van der Waals surface area (Å²) in [5, 5.41) is 3.57. The Morgan fingerprint density at radius 1 is 1.12 bits per heavy atom. The summed E-state index contributed by atoms with van der Waals surface area (Å²) in [6.45, 7) is 9.83. The van der Waals surface area contributed by atoms with Gasteiger partial charge in [-0.3, -0.25) is 0 Å². The van der Waals surface area contributed by atoms with E-state index in [1.807, 2.05) is 0 Å². The summed E-state index contributed by atoms with van der Waals surface area (Å²) < 4.78 is 5.50. The van der Waals surface area contributed by atoms with Gasteiger partial charge in [0, 0.05) is 13.2 Å². The molecule has 2 heteroatoms. The maximum Gasteiger partial charge on any atom is 0.0637 e. The zero-order valence-electron chi connectivity index (χ0n) is 11.9. The normalized spacial score (nSPS) is 14.1. The van der Waals surface area contributed by atoms with Gasteiger partial charge in [0.25, 0.3) is 0 Å². The molecular formula is C14H31NO. The number of hydrogen-bond donors (Lipinski definition) is 1. The highest BCUT2D eigenvalue weighted by atomic mass is 16.5. The Balaban J connectivity index is 3.87. The summed E-state index contributed by atoms with van der Waals surface area (Å²) in [5.41, 5.74) is -0.00239. The first-order valence-electron chi connectivity index (χ1n) is 6.84. The predicted octanol–water partition coefficient (Wildman–Crippen LogP) is 3.75. The Morgan fingerprint density at radius 3 is 2.31 bits per heavy atom. The second kappa shape index (κ2) is 9.00. The van der Waals surface area contributed by atoms with Gasteiger partial charge in [0.1, 0.15) is 0 Å². The van der Waals surface area contributed by atoms with Crippen LogP contribution in [0.15, 0.2) is 0 Å². The van der Waals surface area contributed by atoms with Gasteiger partial charge in [-0.1, -0.05) is 39.5 Å². The van der Waals surface area contributed by atoms with Crippen LogP contribution < -0.4 is 5.32 Å². The quantitative estimate of drug-likeness (QED) is 0.576. The number of rotatable bonds is 10. The summed E-state index contributed by atoms with van der Waals surface area (Å²) in [7, 11) is 1.81. The minimum atomic E-state index is -0.00239. The lowest BCUT2D eigenvalue weighted by molar-refractivity contribution is 0.00633. The van der Waals surface area contributed by atoms with E-state index < -0.39 is 0 Å². The highest BCUT2D eigenvalue weighted by molar-refractivity contribution is 4.78. The molecule has 1 atom stereocenters. The van der Waals surface area contributed by atoms with Crippen LogP contribution in [0, 0.1) is 0 Å². The minimum absolute atomic E-state index is 0.00239. The molecule has 16 heavy (non-hydrogen) atoms. The average molecular weight is 229 g/mol. The Labute approximate surface area is 102 Å². The molecule has 0 bridgehead atoms. The molecule has 0 aromatic rings. The van der Waals surface area contributed by atoms with Crippen molar-refractivity contribution in [1.82, 2.24) is 5.32 Å². The second-order valence-corrected chi connectivity index (χ2v) is 5.27. The molecule has 0 aromatic heterocycles. The first-order chi connectivity index (χ1) is 7.55. The van der Waals surface area contributed by atoms with Crippen molar-refractivity contribution in [1.29, 1.82) is 0 Å². The highest BCUT2D eigenvalue weighted by Crippen LogP contribution is 2.19. The molecule has 0 spiro atoms. The summed E-state index contributed by atoms with van der Waals surface area (Å²) in [6, 6.07) is 0.608. The molecule has 0 heterocycles. The Kier molecular flexibility index (Phi) is 8.96. The van der Waals surface area contributed by atoms with E-state index in [0.29, 0.717) is 6.04 Å². The Hall–Kier alpha value is -0.0800. The molecule has 0 radical (unpaired) electrons. The van der Waals surface area contributed by atoms with E-state index in [1.165, 1.54) is 32.1 Å². The van der Waals surface area contributed by atoms with Crippen molar-refractivity contribution in [3.05, 3.63) is 0 Å². The SMILES string of the molecule is CCCCCCC(CC(C)(C)OC)NCC. The first-order valence-corrected chi connectivity index (χ1v) is 6.84. The van der Waals surface area contributed by atoms with Gasteiger partial charge in [0.2, 0.25) is 0 Å². The number of hydrogen-bond acceptors (Lipinski definition) is 2. The summed E-state index contributed by atoms with van der Waals surface area (Å²) in [6.07, 6.45) is 7.77. The van der Waals surface area contributed by atoms with Gasteiger partial charge >= 0.3 is 0 Å². The smallest absolute Gasteiger partial charge is 0.0637 e. The Morgan fingerprint density at radius 2 is 1.81 bits per heavy atom. The molecule has 0 aliphatic carbocycles. The van der Waals surface area contributed by atoms with Crippen molar-refractivity contribution in [3.8, 4) is 0 Å². The van der Waals surface area contributed by atoms with Crippen molar-refractivity contribution in [3.63, 3.8) is 0 Å². The molecule has 1 unspecified atom stereocenters.